The second kappa shape index (κ2) is 7.21. The number of hydrogen-bond acceptors (Lipinski definition) is 2. The van der Waals surface area contributed by atoms with Crippen LogP contribution < -0.4 is 5.32 Å². The van der Waals surface area contributed by atoms with Gasteiger partial charge in [-0.1, -0.05) is 30.7 Å². The first-order valence-electron chi connectivity index (χ1n) is 7.41. The van der Waals surface area contributed by atoms with E-state index in [1.54, 1.807) is 6.92 Å². The van der Waals surface area contributed by atoms with E-state index < -0.39 is 16.0 Å². The van der Waals surface area contributed by atoms with Crippen LogP contribution in [0.4, 0.5) is 0 Å². The van der Waals surface area contributed by atoms with E-state index in [0.29, 0.717) is 5.75 Å². The van der Waals surface area contributed by atoms with Crippen molar-refractivity contribution in [2.45, 2.75) is 64.5 Å². The number of aryl methyl sites for hydroxylation is 2. The van der Waals surface area contributed by atoms with Gasteiger partial charge < -0.3 is 5.32 Å². The second-order valence-corrected chi connectivity index (χ2v) is 8.08. The predicted molar refractivity (Wildman–Crippen MR) is 89.7 cm³/mol. The summed E-state index contributed by atoms with van der Waals surface area (Å²) in [4.78, 5) is 12.2. The number of carbonyl (C=O) groups excluding carboxylic acids is 1. The Morgan fingerprint density at radius 1 is 1.33 bits per heavy atom. The Morgan fingerprint density at radius 3 is 2.52 bits per heavy atom. The lowest BCUT2D eigenvalue weighted by Gasteiger charge is -2.26. The fourth-order valence-corrected chi connectivity index (χ4v) is 3.04. The van der Waals surface area contributed by atoms with Crippen molar-refractivity contribution in [2.24, 2.45) is 0 Å². The topological polar surface area (TPSA) is 46.2 Å². The van der Waals surface area contributed by atoms with Crippen LogP contribution in [0.5, 0.6) is 0 Å². The first kappa shape index (κ1) is 17.9. The third kappa shape index (κ3) is 5.27. The van der Waals surface area contributed by atoms with Crippen molar-refractivity contribution < 1.29 is 9.00 Å². The molecule has 0 saturated carbocycles. The van der Waals surface area contributed by atoms with Crippen molar-refractivity contribution in [3.05, 3.63) is 34.9 Å². The van der Waals surface area contributed by atoms with Gasteiger partial charge in [-0.3, -0.25) is 9.00 Å². The Bertz CT molecular complexity index is 538. The van der Waals surface area contributed by atoms with Gasteiger partial charge in [0.05, 0.1) is 0 Å². The number of nitrogens with one attached hydrogen (secondary N) is 1. The lowest BCUT2D eigenvalue weighted by Crippen LogP contribution is -2.47. The van der Waals surface area contributed by atoms with Crippen LogP contribution >= 0.6 is 0 Å². The van der Waals surface area contributed by atoms with Gasteiger partial charge in [-0.15, -0.1) is 0 Å². The normalized spacial score (nSPS) is 14.6. The number of benzene rings is 1. The van der Waals surface area contributed by atoms with Gasteiger partial charge in [-0.2, -0.15) is 0 Å². The van der Waals surface area contributed by atoms with Gasteiger partial charge in [-0.25, -0.2) is 0 Å². The molecule has 1 amide bonds. The van der Waals surface area contributed by atoms with E-state index in [1.165, 1.54) is 0 Å². The molecular formula is C17H27NO2S. The third-order valence-corrected chi connectivity index (χ3v) is 5.51. The van der Waals surface area contributed by atoms with Crippen molar-refractivity contribution in [3.8, 4) is 0 Å². The number of rotatable bonds is 6. The Balaban J connectivity index is 2.75. The Hall–Kier alpha value is -1.16. The molecule has 0 aliphatic carbocycles. The third-order valence-electron chi connectivity index (χ3n) is 3.91. The highest BCUT2D eigenvalue weighted by Gasteiger charge is 2.25. The predicted octanol–water partition coefficient (Wildman–Crippen LogP) is 3.25. The molecule has 0 bridgehead atoms. The Kier molecular flexibility index (Phi) is 6.14. The van der Waals surface area contributed by atoms with Crippen LogP contribution in [-0.2, 0) is 21.3 Å². The van der Waals surface area contributed by atoms with Crippen molar-refractivity contribution in [1.82, 2.24) is 5.32 Å². The quantitative estimate of drug-likeness (QED) is 0.877. The van der Waals surface area contributed by atoms with Crippen LogP contribution in [0.1, 0.15) is 50.8 Å². The van der Waals surface area contributed by atoms with Crippen molar-refractivity contribution >= 4 is 16.7 Å². The summed E-state index contributed by atoms with van der Waals surface area (Å²) in [6.45, 7) is 11.7. The molecule has 1 N–H and O–H groups in total. The van der Waals surface area contributed by atoms with E-state index in [9.17, 15) is 9.00 Å². The maximum absolute atomic E-state index is 12.4. The van der Waals surface area contributed by atoms with Crippen LogP contribution in [0.3, 0.4) is 0 Å². The Morgan fingerprint density at radius 2 is 1.95 bits per heavy atom. The highest BCUT2D eigenvalue weighted by atomic mass is 32.2. The first-order chi connectivity index (χ1) is 9.66. The van der Waals surface area contributed by atoms with Gasteiger partial charge in [0.1, 0.15) is 5.25 Å². The average Bonchev–Trinajstić information content (AvgIpc) is 2.41. The van der Waals surface area contributed by atoms with E-state index >= 15 is 0 Å². The van der Waals surface area contributed by atoms with E-state index in [2.05, 4.69) is 5.32 Å². The fourth-order valence-electron chi connectivity index (χ4n) is 1.88. The van der Waals surface area contributed by atoms with E-state index in [4.69, 9.17) is 0 Å². The zero-order valence-electron chi connectivity index (χ0n) is 13.9. The summed E-state index contributed by atoms with van der Waals surface area (Å²) in [6.07, 6.45) is 0.842. The molecule has 1 rings (SSSR count). The fraction of sp³-hybridized carbons (Fsp3) is 0.588. The second-order valence-electron chi connectivity index (χ2n) is 6.32. The zero-order valence-corrected chi connectivity index (χ0v) is 14.8. The molecule has 1 aromatic carbocycles. The summed E-state index contributed by atoms with van der Waals surface area (Å²) >= 11 is 0. The zero-order chi connectivity index (χ0) is 16.2. The minimum atomic E-state index is -1.21. The van der Waals surface area contributed by atoms with Gasteiger partial charge in [0.25, 0.3) is 0 Å². The lowest BCUT2D eigenvalue weighted by molar-refractivity contribution is -0.121. The van der Waals surface area contributed by atoms with Gasteiger partial charge >= 0.3 is 0 Å². The molecule has 0 fully saturated rings. The molecule has 4 heteroatoms. The summed E-state index contributed by atoms with van der Waals surface area (Å²) in [5, 5.41) is 2.46. The van der Waals surface area contributed by atoms with E-state index in [0.717, 1.165) is 23.1 Å². The van der Waals surface area contributed by atoms with Crippen molar-refractivity contribution in [2.75, 3.05) is 0 Å². The molecule has 1 aromatic rings. The van der Waals surface area contributed by atoms with Gasteiger partial charge in [0.15, 0.2) is 0 Å². The largest absolute Gasteiger partial charge is 0.350 e. The standard InChI is InChI=1S/C17H27NO2S/c1-7-17(5,6)18-16(19)14(4)21(20)11-15-10-12(2)8-9-13(15)3/h8-10,14H,7,11H2,1-6H3,(H,18,19)/t14-,21+/m1/s1. The van der Waals surface area contributed by atoms with Crippen LogP contribution in [-0.4, -0.2) is 20.9 Å². The summed E-state index contributed by atoms with van der Waals surface area (Å²) < 4.78 is 12.4. The highest BCUT2D eigenvalue weighted by molar-refractivity contribution is 7.85. The number of carbonyl (C=O) groups is 1. The molecule has 0 spiro atoms. The maximum atomic E-state index is 12.4. The van der Waals surface area contributed by atoms with Crippen LogP contribution in [0.25, 0.3) is 0 Å². The van der Waals surface area contributed by atoms with E-state index in [1.807, 2.05) is 52.8 Å². The first-order valence-corrected chi connectivity index (χ1v) is 8.80. The molecule has 0 radical (unpaired) electrons. The smallest absolute Gasteiger partial charge is 0.235 e. The van der Waals surface area contributed by atoms with Crippen LogP contribution in [0, 0.1) is 13.8 Å². The molecule has 2 atom stereocenters. The summed E-state index contributed by atoms with van der Waals surface area (Å²) in [7, 11) is -1.21. The summed E-state index contributed by atoms with van der Waals surface area (Å²) in [6, 6.07) is 6.13. The minimum Gasteiger partial charge on any atom is -0.350 e. The molecule has 0 aliphatic heterocycles. The molecular weight excluding hydrogens is 282 g/mol. The molecule has 118 valence electrons. The molecule has 0 heterocycles. The van der Waals surface area contributed by atoms with Crippen LogP contribution in [0.2, 0.25) is 0 Å². The van der Waals surface area contributed by atoms with Crippen molar-refractivity contribution in [1.29, 1.82) is 0 Å². The monoisotopic (exact) mass is 309 g/mol. The minimum absolute atomic E-state index is 0.134. The summed E-state index contributed by atoms with van der Waals surface area (Å²) in [5.74, 6) is 0.291. The van der Waals surface area contributed by atoms with Gasteiger partial charge in [-0.05, 0) is 52.2 Å². The Labute approximate surface area is 131 Å². The molecule has 0 unspecified atom stereocenters. The molecule has 0 aliphatic rings. The number of amides is 1. The van der Waals surface area contributed by atoms with Crippen molar-refractivity contribution in [3.63, 3.8) is 0 Å². The number of hydrogen-bond donors (Lipinski definition) is 1. The molecule has 0 aromatic heterocycles. The molecule has 3 nitrogen and oxygen atoms in total. The van der Waals surface area contributed by atoms with Gasteiger partial charge in [0, 0.05) is 22.1 Å². The average molecular weight is 309 g/mol. The van der Waals surface area contributed by atoms with E-state index in [-0.39, 0.29) is 11.4 Å². The lowest BCUT2D eigenvalue weighted by atomic mass is 10.0. The molecule has 0 saturated heterocycles. The van der Waals surface area contributed by atoms with Gasteiger partial charge in [0.2, 0.25) is 5.91 Å². The highest BCUT2D eigenvalue weighted by Crippen LogP contribution is 2.15. The van der Waals surface area contributed by atoms with Crippen LogP contribution in [0.15, 0.2) is 18.2 Å². The summed E-state index contributed by atoms with van der Waals surface area (Å²) in [5.41, 5.74) is 3.07. The SMILES string of the molecule is CCC(C)(C)NC(=O)[C@@H](C)[S@@](=O)Cc1cc(C)ccc1C. The molecule has 21 heavy (non-hydrogen) atoms. The maximum Gasteiger partial charge on any atom is 0.235 e.